The quantitative estimate of drug-likeness (QED) is 0.672. The zero-order valence-corrected chi connectivity index (χ0v) is 7.37. The van der Waals surface area contributed by atoms with Crippen LogP contribution in [0.4, 0.5) is 0 Å². The Kier molecular flexibility index (Phi) is 5.29. The molecular weight excluding hydrogens is 208 g/mol. The van der Waals surface area contributed by atoms with Gasteiger partial charge in [0, 0.05) is 10.0 Å². The Hall–Kier alpha value is -0.960. The van der Waals surface area contributed by atoms with E-state index in [-0.39, 0.29) is 0 Å². The largest absolute Gasteiger partial charge is 0.307 e. The first-order chi connectivity index (χ1) is 5.33. The van der Waals surface area contributed by atoms with Gasteiger partial charge in [-0.2, -0.15) is 0 Å². The normalized spacial score (nSPS) is 7.73. The Morgan fingerprint density at radius 2 is 2.00 bits per heavy atom. The lowest BCUT2D eigenvalue weighted by Crippen LogP contribution is -1.75. The van der Waals surface area contributed by atoms with Crippen LogP contribution in [0.5, 0.6) is 0 Å². The molecule has 1 aromatic rings. The summed E-state index contributed by atoms with van der Waals surface area (Å²) >= 11 is 3.24. The van der Waals surface area contributed by atoms with Crippen LogP contribution in [0.1, 0.15) is 10.4 Å². The van der Waals surface area contributed by atoms with Crippen molar-refractivity contribution < 1.29 is 9.59 Å². The second kappa shape index (κ2) is 5.80. The molecule has 0 aromatic heterocycles. The summed E-state index contributed by atoms with van der Waals surface area (Å²) in [6, 6.07) is 7.24. The van der Waals surface area contributed by atoms with E-state index in [1.54, 1.807) is 12.1 Å². The Bertz CT molecular complexity index is 235. The topological polar surface area (TPSA) is 34.1 Å². The number of benzene rings is 1. The molecule has 0 amide bonds. The lowest BCUT2D eigenvalue weighted by molar-refractivity contribution is -0.0979. The zero-order valence-electron chi connectivity index (χ0n) is 5.79. The molecule has 58 valence electrons. The first-order valence-electron chi connectivity index (χ1n) is 2.82. The lowest BCUT2D eigenvalue weighted by atomic mass is 10.2. The van der Waals surface area contributed by atoms with Crippen molar-refractivity contribution in [3.63, 3.8) is 0 Å². The van der Waals surface area contributed by atoms with Crippen molar-refractivity contribution in [3.8, 4) is 0 Å². The Labute approximate surface area is 73.4 Å². The van der Waals surface area contributed by atoms with Crippen LogP contribution in [0.2, 0.25) is 0 Å². The maximum absolute atomic E-state index is 10.1. The van der Waals surface area contributed by atoms with Crippen LogP contribution in [0.25, 0.3) is 0 Å². The van der Waals surface area contributed by atoms with Crippen LogP contribution < -0.4 is 0 Å². The van der Waals surface area contributed by atoms with Crippen molar-refractivity contribution in [1.29, 1.82) is 0 Å². The molecule has 0 aliphatic rings. The van der Waals surface area contributed by atoms with Gasteiger partial charge in [-0.25, -0.2) is 0 Å². The molecule has 0 saturated carbocycles. The molecule has 0 N–H and O–H groups in total. The second-order valence-electron chi connectivity index (χ2n) is 1.67. The van der Waals surface area contributed by atoms with Gasteiger partial charge in [-0.3, -0.25) is 4.79 Å². The third kappa shape index (κ3) is 3.68. The lowest BCUT2D eigenvalue weighted by Gasteiger charge is -1.88. The number of halogens is 1. The standard InChI is InChI=1S/C7H5BrO.CH2O/c8-7-3-1-2-6(4-7)5-9;1-2/h1-5H;1H2. The number of hydrogen-bond donors (Lipinski definition) is 0. The Balaban J connectivity index is 0.000000461. The van der Waals surface area contributed by atoms with E-state index in [1.165, 1.54) is 0 Å². The first-order valence-corrected chi connectivity index (χ1v) is 3.62. The monoisotopic (exact) mass is 214 g/mol. The van der Waals surface area contributed by atoms with E-state index in [9.17, 15) is 4.79 Å². The van der Waals surface area contributed by atoms with Crippen molar-refractivity contribution in [2.24, 2.45) is 0 Å². The molecule has 0 atom stereocenters. The van der Waals surface area contributed by atoms with Crippen molar-refractivity contribution in [3.05, 3.63) is 34.3 Å². The molecule has 0 saturated heterocycles. The molecule has 0 fully saturated rings. The van der Waals surface area contributed by atoms with Crippen LogP contribution in [0, 0.1) is 0 Å². The minimum absolute atomic E-state index is 0.698. The zero-order chi connectivity index (χ0) is 8.69. The van der Waals surface area contributed by atoms with Crippen LogP contribution in [-0.4, -0.2) is 13.1 Å². The van der Waals surface area contributed by atoms with Gasteiger partial charge in [0.2, 0.25) is 0 Å². The van der Waals surface area contributed by atoms with Gasteiger partial charge in [-0.15, -0.1) is 0 Å². The molecular formula is C8H7BrO2. The average Bonchev–Trinajstić information content (AvgIpc) is 2.08. The minimum atomic E-state index is 0.698. The van der Waals surface area contributed by atoms with Gasteiger partial charge in [0.25, 0.3) is 0 Å². The fraction of sp³-hybridized carbons (Fsp3) is 0. The number of aldehydes is 1. The summed E-state index contributed by atoms with van der Waals surface area (Å²) in [5, 5.41) is 0. The summed E-state index contributed by atoms with van der Waals surface area (Å²) in [7, 11) is 0. The highest BCUT2D eigenvalue weighted by atomic mass is 79.9. The summed E-state index contributed by atoms with van der Waals surface area (Å²) in [6.45, 7) is 2.00. The molecule has 3 heteroatoms. The van der Waals surface area contributed by atoms with E-state index in [2.05, 4.69) is 15.9 Å². The highest BCUT2D eigenvalue weighted by Gasteiger charge is 1.87. The van der Waals surface area contributed by atoms with Gasteiger partial charge in [-0.1, -0.05) is 28.1 Å². The van der Waals surface area contributed by atoms with Crippen molar-refractivity contribution in [1.82, 2.24) is 0 Å². The van der Waals surface area contributed by atoms with Gasteiger partial charge in [0.1, 0.15) is 13.1 Å². The second-order valence-corrected chi connectivity index (χ2v) is 2.59. The predicted octanol–water partition coefficient (Wildman–Crippen LogP) is 2.08. The molecule has 0 bridgehead atoms. The van der Waals surface area contributed by atoms with E-state index in [0.29, 0.717) is 5.56 Å². The fourth-order valence-electron chi connectivity index (χ4n) is 0.580. The molecule has 0 radical (unpaired) electrons. The fourth-order valence-corrected chi connectivity index (χ4v) is 0.997. The number of carbonyl (C=O) groups excluding carboxylic acids is 2. The highest BCUT2D eigenvalue weighted by molar-refractivity contribution is 9.10. The van der Waals surface area contributed by atoms with Gasteiger partial charge in [-0.05, 0) is 12.1 Å². The molecule has 0 aliphatic carbocycles. The Morgan fingerprint density at radius 1 is 1.36 bits per heavy atom. The van der Waals surface area contributed by atoms with Crippen molar-refractivity contribution >= 4 is 29.0 Å². The summed E-state index contributed by atoms with van der Waals surface area (Å²) in [5.74, 6) is 0. The molecule has 0 unspecified atom stereocenters. The van der Waals surface area contributed by atoms with E-state index in [0.717, 1.165) is 10.8 Å². The molecule has 0 heterocycles. The summed E-state index contributed by atoms with van der Waals surface area (Å²) in [6.07, 6.45) is 0.824. The Morgan fingerprint density at radius 3 is 2.36 bits per heavy atom. The third-order valence-electron chi connectivity index (χ3n) is 0.985. The summed E-state index contributed by atoms with van der Waals surface area (Å²) in [4.78, 5) is 18.1. The van der Waals surface area contributed by atoms with Crippen LogP contribution in [0.3, 0.4) is 0 Å². The van der Waals surface area contributed by atoms with E-state index < -0.39 is 0 Å². The smallest absolute Gasteiger partial charge is 0.150 e. The molecule has 1 rings (SSSR count). The third-order valence-corrected chi connectivity index (χ3v) is 1.48. The summed E-state index contributed by atoms with van der Waals surface area (Å²) < 4.78 is 0.937. The van der Waals surface area contributed by atoms with E-state index in [4.69, 9.17) is 4.79 Å². The molecule has 0 spiro atoms. The minimum Gasteiger partial charge on any atom is -0.307 e. The molecule has 0 aliphatic heterocycles. The molecule has 1 aromatic carbocycles. The van der Waals surface area contributed by atoms with Crippen molar-refractivity contribution in [2.75, 3.05) is 0 Å². The van der Waals surface area contributed by atoms with E-state index in [1.807, 2.05) is 18.9 Å². The molecule has 11 heavy (non-hydrogen) atoms. The van der Waals surface area contributed by atoms with Gasteiger partial charge in [0.05, 0.1) is 0 Å². The molecule has 2 nitrogen and oxygen atoms in total. The average molecular weight is 215 g/mol. The van der Waals surface area contributed by atoms with Crippen LogP contribution in [-0.2, 0) is 4.79 Å². The SMILES string of the molecule is C=O.O=Cc1cccc(Br)c1. The van der Waals surface area contributed by atoms with Crippen LogP contribution >= 0.6 is 15.9 Å². The maximum atomic E-state index is 10.1. The number of rotatable bonds is 1. The van der Waals surface area contributed by atoms with Gasteiger partial charge < -0.3 is 4.79 Å². The summed E-state index contributed by atoms with van der Waals surface area (Å²) in [5.41, 5.74) is 0.698. The van der Waals surface area contributed by atoms with Crippen LogP contribution in [0.15, 0.2) is 28.7 Å². The van der Waals surface area contributed by atoms with Crippen molar-refractivity contribution in [2.45, 2.75) is 0 Å². The van der Waals surface area contributed by atoms with Gasteiger partial charge in [0.15, 0.2) is 0 Å². The van der Waals surface area contributed by atoms with E-state index >= 15 is 0 Å². The van der Waals surface area contributed by atoms with Gasteiger partial charge >= 0.3 is 0 Å². The number of carbonyl (C=O) groups is 2. The highest BCUT2D eigenvalue weighted by Crippen LogP contribution is 2.09. The maximum Gasteiger partial charge on any atom is 0.150 e. The predicted molar refractivity (Wildman–Crippen MR) is 46.7 cm³/mol. The number of hydrogen-bond acceptors (Lipinski definition) is 2. The first kappa shape index (κ1) is 10.0.